The second-order valence-corrected chi connectivity index (χ2v) is 4.07. The van der Waals surface area contributed by atoms with Gasteiger partial charge in [0.05, 0.1) is 11.3 Å². The van der Waals surface area contributed by atoms with Gasteiger partial charge in [-0.1, -0.05) is 11.6 Å². The van der Waals surface area contributed by atoms with Crippen molar-refractivity contribution < 1.29 is 4.39 Å². The summed E-state index contributed by atoms with van der Waals surface area (Å²) in [5.41, 5.74) is 1.83. The second-order valence-electron chi connectivity index (χ2n) is 3.67. The molecule has 0 saturated heterocycles. The Hall–Kier alpha value is -1.86. The van der Waals surface area contributed by atoms with Crippen molar-refractivity contribution in [2.75, 3.05) is 0 Å². The van der Waals surface area contributed by atoms with Crippen LogP contribution in [-0.4, -0.2) is 9.78 Å². The van der Waals surface area contributed by atoms with Crippen LogP contribution >= 0.6 is 11.6 Å². The van der Waals surface area contributed by atoms with Gasteiger partial charge in [0.15, 0.2) is 0 Å². The Labute approximate surface area is 103 Å². The molecule has 0 aliphatic carbocycles. The molecule has 17 heavy (non-hydrogen) atoms. The fourth-order valence-electron chi connectivity index (χ4n) is 1.77. The maximum atomic E-state index is 13.7. The van der Waals surface area contributed by atoms with E-state index >= 15 is 0 Å². The van der Waals surface area contributed by atoms with Crippen LogP contribution in [-0.2, 0) is 7.05 Å². The van der Waals surface area contributed by atoms with Crippen LogP contribution in [0.3, 0.4) is 0 Å². The van der Waals surface area contributed by atoms with Crippen LogP contribution < -0.4 is 0 Å². The van der Waals surface area contributed by atoms with Gasteiger partial charge in [-0.05, 0) is 24.6 Å². The van der Waals surface area contributed by atoms with Gasteiger partial charge in [-0.2, -0.15) is 10.4 Å². The van der Waals surface area contributed by atoms with E-state index in [0.717, 1.165) is 6.07 Å². The van der Waals surface area contributed by atoms with Crippen LogP contribution in [0.25, 0.3) is 11.3 Å². The Kier molecular flexibility index (Phi) is 2.86. The number of benzene rings is 1. The molecule has 5 heteroatoms. The van der Waals surface area contributed by atoms with Crippen molar-refractivity contribution in [1.29, 1.82) is 5.26 Å². The first-order chi connectivity index (χ1) is 8.06. The number of halogens is 2. The molecule has 2 rings (SSSR count). The minimum Gasteiger partial charge on any atom is -0.268 e. The van der Waals surface area contributed by atoms with E-state index in [1.807, 2.05) is 6.07 Å². The molecule has 1 aromatic carbocycles. The maximum absolute atomic E-state index is 13.7. The minimum atomic E-state index is -0.612. The zero-order valence-electron chi connectivity index (χ0n) is 9.33. The molecule has 0 spiro atoms. The summed E-state index contributed by atoms with van der Waals surface area (Å²) in [5.74, 6) is -0.612. The summed E-state index contributed by atoms with van der Waals surface area (Å²) < 4.78 is 15.3. The normalized spacial score (nSPS) is 10.3. The highest BCUT2D eigenvalue weighted by atomic mass is 35.5. The highest BCUT2D eigenvalue weighted by Crippen LogP contribution is 2.33. The standard InChI is InChI=1S/C12H9ClFN3/c1-7-9(13)5-10(14)8(6-15)12(7)11-3-4-16-17(11)2/h3-5H,1-2H3. The van der Waals surface area contributed by atoms with E-state index in [9.17, 15) is 4.39 Å². The van der Waals surface area contributed by atoms with Crippen molar-refractivity contribution in [3.63, 3.8) is 0 Å². The number of nitriles is 1. The number of nitrogens with zero attached hydrogens (tertiary/aromatic N) is 3. The fourth-order valence-corrected chi connectivity index (χ4v) is 1.96. The van der Waals surface area contributed by atoms with E-state index < -0.39 is 5.82 Å². The lowest BCUT2D eigenvalue weighted by atomic mass is 9.99. The van der Waals surface area contributed by atoms with Gasteiger partial charge in [0.2, 0.25) is 0 Å². The molecule has 0 aliphatic heterocycles. The highest BCUT2D eigenvalue weighted by molar-refractivity contribution is 6.31. The molecule has 0 radical (unpaired) electrons. The molecule has 2 aromatic rings. The lowest BCUT2D eigenvalue weighted by molar-refractivity contribution is 0.623. The summed E-state index contributed by atoms with van der Waals surface area (Å²) in [6, 6.07) is 4.76. The van der Waals surface area contributed by atoms with Crippen LogP contribution in [0.1, 0.15) is 11.1 Å². The SMILES string of the molecule is Cc1c(Cl)cc(F)c(C#N)c1-c1ccnn1C. The van der Waals surface area contributed by atoms with Crippen molar-refractivity contribution in [3.05, 3.63) is 40.3 Å². The number of hydrogen-bond donors (Lipinski definition) is 0. The van der Waals surface area contributed by atoms with Crippen LogP contribution in [0.5, 0.6) is 0 Å². The van der Waals surface area contributed by atoms with Gasteiger partial charge in [-0.25, -0.2) is 4.39 Å². The Balaban J connectivity index is 2.86. The molecule has 0 saturated carbocycles. The third kappa shape index (κ3) is 1.79. The van der Waals surface area contributed by atoms with Crippen LogP contribution in [0.4, 0.5) is 4.39 Å². The maximum Gasteiger partial charge on any atom is 0.143 e. The molecule has 1 heterocycles. The van der Waals surface area contributed by atoms with E-state index in [-0.39, 0.29) is 5.56 Å². The highest BCUT2D eigenvalue weighted by Gasteiger charge is 2.18. The van der Waals surface area contributed by atoms with E-state index in [1.54, 1.807) is 30.9 Å². The molecular formula is C12H9ClFN3. The lowest BCUT2D eigenvalue weighted by Crippen LogP contribution is -2.00. The summed E-state index contributed by atoms with van der Waals surface area (Å²) in [7, 11) is 1.73. The molecule has 0 fully saturated rings. The minimum absolute atomic E-state index is 0.00417. The summed E-state index contributed by atoms with van der Waals surface area (Å²) in [4.78, 5) is 0. The van der Waals surface area contributed by atoms with Crippen LogP contribution in [0.2, 0.25) is 5.02 Å². The molecular weight excluding hydrogens is 241 g/mol. The van der Waals surface area contributed by atoms with Crippen molar-refractivity contribution in [3.8, 4) is 17.3 Å². The van der Waals surface area contributed by atoms with Gasteiger partial charge < -0.3 is 0 Å². The van der Waals surface area contributed by atoms with Gasteiger partial charge in [0.1, 0.15) is 11.9 Å². The molecule has 86 valence electrons. The van der Waals surface area contributed by atoms with Crippen molar-refractivity contribution >= 4 is 11.6 Å². The predicted molar refractivity (Wildman–Crippen MR) is 63.1 cm³/mol. The van der Waals surface area contributed by atoms with Gasteiger partial charge in [0, 0.05) is 23.8 Å². The van der Waals surface area contributed by atoms with Crippen molar-refractivity contribution in [2.24, 2.45) is 7.05 Å². The zero-order chi connectivity index (χ0) is 12.6. The summed E-state index contributed by atoms with van der Waals surface area (Å²) in [6.07, 6.45) is 1.59. The monoisotopic (exact) mass is 249 g/mol. The molecule has 0 N–H and O–H groups in total. The Morgan fingerprint density at radius 1 is 1.53 bits per heavy atom. The average Bonchev–Trinajstić information content (AvgIpc) is 2.69. The molecule has 0 amide bonds. The Bertz CT molecular complexity index is 625. The third-order valence-electron chi connectivity index (χ3n) is 2.66. The smallest absolute Gasteiger partial charge is 0.143 e. The number of hydrogen-bond acceptors (Lipinski definition) is 2. The third-order valence-corrected chi connectivity index (χ3v) is 3.06. The number of aromatic nitrogens is 2. The molecule has 0 unspecified atom stereocenters. The first-order valence-corrected chi connectivity index (χ1v) is 5.31. The molecule has 0 atom stereocenters. The van der Waals surface area contributed by atoms with E-state index in [1.165, 1.54) is 0 Å². The number of aryl methyl sites for hydroxylation is 1. The van der Waals surface area contributed by atoms with Gasteiger partial charge >= 0.3 is 0 Å². The molecule has 0 aliphatic rings. The lowest BCUT2D eigenvalue weighted by Gasteiger charge is -2.11. The van der Waals surface area contributed by atoms with Gasteiger partial charge in [0.25, 0.3) is 0 Å². The molecule has 3 nitrogen and oxygen atoms in total. The van der Waals surface area contributed by atoms with Crippen molar-refractivity contribution in [1.82, 2.24) is 9.78 Å². The van der Waals surface area contributed by atoms with E-state index in [0.29, 0.717) is 21.8 Å². The summed E-state index contributed by atoms with van der Waals surface area (Å²) >= 11 is 5.94. The Morgan fingerprint density at radius 3 is 2.76 bits per heavy atom. The molecule has 0 bridgehead atoms. The van der Waals surface area contributed by atoms with E-state index in [2.05, 4.69) is 5.10 Å². The van der Waals surface area contributed by atoms with Crippen LogP contribution in [0, 0.1) is 24.1 Å². The summed E-state index contributed by atoms with van der Waals surface area (Å²) in [5, 5.41) is 13.4. The van der Waals surface area contributed by atoms with E-state index in [4.69, 9.17) is 16.9 Å². The second kappa shape index (κ2) is 4.19. The van der Waals surface area contributed by atoms with Crippen LogP contribution in [0.15, 0.2) is 18.3 Å². The summed E-state index contributed by atoms with van der Waals surface area (Å²) in [6.45, 7) is 1.75. The Morgan fingerprint density at radius 2 is 2.24 bits per heavy atom. The van der Waals surface area contributed by atoms with Gasteiger partial charge in [-0.15, -0.1) is 0 Å². The topological polar surface area (TPSA) is 41.6 Å². The van der Waals surface area contributed by atoms with Gasteiger partial charge in [-0.3, -0.25) is 4.68 Å². The predicted octanol–water partition coefficient (Wildman–Crippen LogP) is 3.06. The average molecular weight is 250 g/mol. The fraction of sp³-hybridized carbons (Fsp3) is 0.167. The largest absolute Gasteiger partial charge is 0.268 e. The number of rotatable bonds is 1. The first-order valence-electron chi connectivity index (χ1n) is 4.93. The molecule has 1 aromatic heterocycles. The quantitative estimate of drug-likeness (QED) is 0.779. The first kappa shape index (κ1) is 11.6. The van der Waals surface area contributed by atoms with Crippen molar-refractivity contribution in [2.45, 2.75) is 6.92 Å². The zero-order valence-corrected chi connectivity index (χ0v) is 10.1.